The number of hydrogen-bond donors (Lipinski definition) is 2. The van der Waals surface area contributed by atoms with Crippen LogP contribution in [0.3, 0.4) is 0 Å². The van der Waals surface area contributed by atoms with Gasteiger partial charge >= 0.3 is 0 Å². The van der Waals surface area contributed by atoms with E-state index in [2.05, 4.69) is 66.3 Å². The van der Waals surface area contributed by atoms with Gasteiger partial charge in [0.2, 0.25) is 0 Å². The molecule has 3 aromatic rings. The van der Waals surface area contributed by atoms with Gasteiger partial charge in [-0.05, 0) is 51.0 Å². The minimum atomic E-state index is 0. The molecule has 1 atom stereocenters. The third-order valence-corrected chi connectivity index (χ3v) is 5.66. The van der Waals surface area contributed by atoms with Gasteiger partial charge in [0, 0.05) is 36.5 Å². The minimum absolute atomic E-state index is 0. The molecule has 2 N–H and O–H groups in total. The van der Waals surface area contributed by atoms with Gasteiger partial charge in [0.05, 0.1) is 32.0 Å². The van der Waals surface area contributed by atoms with E-state index in [0.29, 0.717) is 25.6 Å². The van der Waals surface area contributed by atoms with Crippen molar-refractivity contribution in [3.63, 3.8) is 0 Å². The summed E-state index contributed by atoms with van der Waals surface area (Å²) in [5.41, 5.74) is 5.36. The summed E-state index contributed by atoms with van der Waals surface area (Å²) in [4.78, 5) is 9.49. The Hall–Kier alpha value is -2.33. The number of aryl methyl sites for hydroxylation is 2. The molecule has 1 saturated heterocycles. The summed E-state index contributed by atoms with van der Waals surface area (Å²) in [5.74, 6) is 2.14. The fraction of sp³-hybridized carbons (Fsp3) is 0.440. The zero-order valence-electron chi connectivity index (χ0n) is 19.6. The Morgan fingerprint density at radius 2 is 2.12 bits per heavy atom. The Bertz CT molecular complexity index is 1080. The maximum atomic E-state index is 6.17. The van der Waals surface area contributed by atoms with E-state index in [-0.39, 0.29) is 24.0 Å². The van der Waals surface area contributed by atoms with Gasteiger partial charge in [-0.15, -0.1) is 24.0 Å². The highest BCUT2D eigenvalue weighted by atomic mass is 127. The zero-order valence-corrected chi connectivity index (χ0v) is 22.0. The summed E-state index contributed by atoms with van der Waals surface area (Å²) >= 11 is 0. The van der Waals surface area contributed by atoms with Crippen LogP contribution in [0.4, 0.5) is 0 Å². The summed E-state index contributed by atoms with van der Waals surface area (Å²) in [6.07, 6.45) is 3.14. The fourth-order valence-electron chi connectivity index (χ4n) is 3.81. The van der Waals surface area contributed by atoms with E-state index in [1.807, 2.05) is 12.1 Å². The van der Waals surface area contributed by atoms with Crippen LogP contribution in [0, 0.1) is 19.8 Å². The number of rotatable bonds is 8. The molecule has 0 aliphatic carbocycles. The van der Waals surface area contributed by atoms with Gasteiger partial charge in [0.1, 0.15) is 11.4 Å². The van der Waals surface area contributed by atoms with Crippen LogP contribution in [-0.4, -0.2) is 41.7 Å². The van der Waals surface area contributed by atoms with Gasteiger partial charge in [0.15, 0.2) is 5.96 Å². The second-order valence-corrected chi connectivity index (χ2v) is 8.33. The quantitative estimate of drug-likeness (QED) is 0.244. The maximum absolute atomic E-state index is 6.17. The molecule has 1 aromatic carbocycles. The van der Waals surface area contributed by atoms with Gasteiger partial charge in [-0.3, -0.25) is 0 Å². The monoisotopic (exact) mass is 563 g/mol. The van der Waals surface area contributed by atoms with Crippen molar-refractivity contribution in [3.8, 4) is 5.75 Å². The number of fused-ring (bicyclic) bond motifs is 1. The lowest BCUT2D eigenvalue weighted by Gasteiger charge is -2.15. The number of imidazole rings is 1. The lowest BCUT2D eigenvalue weighted by atomic mass is 10.1. The molecule has 1 aliphatic rings. The number of nitrogens with one attached hydrogen (secondary N) is 2. The number of pyridine rings is 1. The lowest BCUT2D eigenvalue weighted by Crippen LogP contribution is -2.36. The maximum Gasteiger partial charge on any atom is 0.191 e. The lowest BCUT2D eigenvalue weighted by molar-refractivity contribution is 0.166. The molecule has 7 nitrogen and oxygen atoms in total. The van der Waals surface area contributed by atoms with E-state index in [1.165, 1.54) is 5.56 Å². The summed E-state index contributed by atoms with van der Waals surface area (Å²) in [7, 11) is 0. The van der Waals surface area contributed by atoms with Crippen LogP contribution in [0.25, 0.3) is 5.65 Å². The topological polar surface area (TPSA) is 72.2 Å². The Morgan fingerprint density at radius 3 is 2.88 bits per heavy atom. The molecule has 0 radical (unpaired) electrons. The van der Waals surface area contributed by atoms with Crippen LogP contribution in [0.5, 0.6) is 5.75 Å². The molecule has 2 aromatic heterocycles. The molecule has 0 amide bonds. The smallest absolute Gasteiger partial charge is 0.191 e. The van der Waals surface area contributed by atoms with E-state index in [0.717, 1.165) is 60.5 Å². The van der Waals surface area contributed by atoms with Gasteiger partial charge in [0.25, 0.3) is 0 Å². The van der Waals surface area contributed by atoms with Crippen LogP contribution >= 0.6 is 24.0 Å². The first-order valence-electron chi connectivity index (χ1n) is 11.4. The normalized spacial score (nSPS) is 16.0. The van der Waals surface area contributed by atoms with E-state index in [1.54, 1.807) is 0 Å². The molecular weight excluding hydrogens is 529 g/mol. The molecule has 33 heavy (non-hydrogen) atoms. The number of guanidine groups is 1. The molecule has 4 rings (SSSR count). The van der Waals surface area contributed by atoms with Crippen LogP contribution in [-0.2, 0) is 17.8 Å². The van der Waals surface area contributed by atoms with Crippen molar-refractivity contribution >= 4 is 35.6 Å². The van der Waals surface area contributed by atoms with Crippen LogP contribution in [0.1, 0.15) is 35.9 Å². The Kier molecular flexibility index (Phi) is 9.37. The van der Waals surface area contributed by atoms with E-state index < -0.39 is 0 Å². The zero-order chi connectivity index (χ0) is 22.3. The number of benzene rings is 1. The predicted octanol–water partition coefficient (Wildman–Crippen LogP) is 4.24. The highest BCUT2D eigenvalue weighted by Gasteiger charge is 2.17. The van der Waals surface area contributed by atoms with Crippen molar-refractivity contribution in [2.75, 3.05) is 26.4 Å². The van der Waals surface area contributed by atoms with Crippen molar-refractivity contribution in [2.24, 2.45) is 10.9 Å². The first kappa shape index (κ1) is 25.3. The first-order chi connectivity index (χ1) is 15.6. The summed E-state index contributed by atoms with van der Waals surface area (Å²) in [6, 6.07) is 12.4. The number of ether oxygens (including phenoxy) is 2. The van der Waals surface area contributed by atoms with E-state index in [9.17, 15) is 0 Å². The van der Waals surface area contributed by atoms with Crippen LogP contribution in [0.15, 0.2) is 47.6 Å². The highest BCUT2D eigenvalue weighted by molar-refractivity contribution is 14.0. The first-order valence-corrected chi connectivity index (χ1v) is 11.4. The molecule has 1 unspecified atom stereocenters. The van der Waals surface area contributed by atoms with Crippen LogP contribution in [0.2, 0.25) is 0 Å². The van der Waals surface area contributed by atoms with E-state index in [4.69, 9.17) is 19.5 Å². The third kappa shape index (κ3) is 6.83. The Labute approximate surface area is 213 Å². The van der Waals surface area contributed by atoms with Gasteiger partial charge in [-0.25, -0.2) is 9.98 Å². The number of hydrogen-bond acceptors (Lipinski definition) is 4. The Morgan fingerprint density at radius 1 is 1.24 bits per heavy atom. The average Bonchev–Trinajstić information content (AvgIpc) is 3.45. The minimum Gasteiger partial charge on any atom is -0.493 e. The molecule has 178 valence electrons. The second-order valence-electron chi connectivity index (χ2n) is 8.33. The van der Waals surface area contributed by atoms with Gasteiger partial charge in [-0.1, -0.05) is 18.2 Å². The van der Waals surface area contributed by atoms with Crippen molar-refractivity contribution in [1.29, 1.82) is 0 Å². The molecule has 1 fully saturated rings. The average molecular weight is 563 g/mol. The number of nitrogens with zero attached hydrogens (tertiary/aromatic N) is 3. The largest absolute Gasteiger partial charge is 0.493 e. The SMILES string of the molecule is CCNC(=NCc1ccc(C)cc1OCC1CCOC1)NCc1cn2c(C)cccc2n1.I. The summed E-state index contributed by atoms with van der Waals surface area (Å²) < 4.78 is 13.7. The molecule has 0 spiro atoms. The number of aromatic nitrogens is 2. The molecule has 1 aliphatic heterocycles. The highest BCUT2D eigenvalue weighted by Crippen LogP contribution is 2.23. The fourth-order valence-corrected chi connectivity index (χ4v) is 3.81. The Balaban J connectivity index is 0.00000306. The second kappa shape index (κ2) is 12.2. The van der Waals surface area contributed by atoms with Gasteiger partial charge in [-0.2, -0.15) is 0 Å². The molecular formula is C25H34IN5O2. The summed E-state index contributed by atoms with van der Waals surface area (Å²) in [5, 5.41) is 6.72. The number of halogens is 1. The molecule has 8 heteroatoms. The van der Waals surface area contributed by atoms with Crippen molar-refractivity contribution in [3.05, 3.63) is 65.1 Å². The van der Waals surface area contributed by atoms with Crippen molar-refractivity contribution in [1.82, 2.24) is 20.0 Å². The predicted molar refractivity (Wildman–Crippen MR) is 143 cm³/mol. The van der Waals surface area contributed by atoms with Crippen molar-refractivity contribution < 1.29 is 9.47 Å². The summed E-state index contributed by atoms with van der Waals surface area (Å²) in [6.45, 7) is 10.5. The molecule has 0 bridgehead atoms. The van der Waals surface area contributed by atoms with Gasteiger partial charge < -0.3 is 24.5 Å². The number of aliphatic imine (C=N–C) groups is 1. The third-order valence-electron chi connectivity index (χ3n) is 5.66. The van der Waals surface area contributed by atoms with Crippen LogP contribution < -0.4 is 15.4 Å². The van der Waals surface area contributed by atoms with Crippen molar-refractivity contribution in [2.45, 2.75) is 40.3 Å². The van der Waals surface area contributed by atoms with E-state index >= 15 is 0 Å². The standard InChI is InChI=1S/C25H33N5O2.HI/c1-4-26-25(28-14-22-15-30-19(3)6-5-7-24(30)29-22)27-13-21-9-8-18(2)12-23(21)32-17-20-10-11-31-16-20;/h5-9,12,15,20H,4,10-11,13-14,16-17H2,1-3H3,(H2,26,27,28);1H. The molecule has 3 heterocycles. The molecule has 0 saturated carbocycles.